The summed E-state index contributed by atoms with van der Waals surface area (Å²) in [4.78, 5) is 22.1. The molecule has 8 nitrogen and oxygen atoms in total. The topological polar surface area (TPSA) is 107 Å². The monoisotopic (exact) mass is 455 g/mol. The highest BCUT2D eigenvalue weighted by molar-refractivity contribution is 7.91. The zero-order valence-corrected chi connectivity index (χ0v) is 18.1. The Balaban J connectivity index is 1.85. The van der Waals surface area contributed by atoms with E-state index in [2.05, 4.69) is 15.5 Å². The van der Waals surface area contributed by atoms with E-state index in [0.717, 1.165) is 6.20 Å². The number of nitrogens with one attached hydrogen (secondary N) is 1. The number of aromatic nitrogens is 1. The van der Waals surface area contributed by atoms with Crippen LogP contribution in [-0.2, 0) is 24.2 Å². The average Bonchev–Trinajstić information content (AvgIpc) is 3.33. The fourth-order valence-electron chi connectivity index (χ4n) is 2.77. The molecule has 1 aromatic carbocycles. The van der Waals surface area contributed by atoms with E-state index >= 15 is 0 Å². The van der Waals surface area contributed by atoms with Crippen molar-refractivity contribution in [3.8, 4) is 0 Å². The quantitative estimate of drug-likeness (QED) is 0.485. The van der Waals surface area contributed by atoms with E-state index in [-0.39, 0.29) is 33.5 Å². The molecule has 1 amide bonds. The van der Waals surface area contributed by atoms with Crippen molar-refractivity contribution in [2.45, 2.75) is 31.3 Å². The van der Waals surface area contributed by atoms with Gasteiger partial charge in [-0.3, -0.25) is 10.1 Å². The fourth-order valence-corrected chi connectivity index (χ4v) is 4.93. The standard InChI is InChI=1S/C19H22FN3O5S2/c1-12(2)11-30(25,26)15-5-3-13(4-6-15)17(23-28-14-7-8-27-10-14)18(24)22-19-21-9-16(20)29-19/h3-6,9,12,14H,7-8,10-11H2,1-2H3,(H,21,22,24)/b23-17+/t14-/m1/s1. The summed E-state index contributed by atoms with van der Waals surface area (Å²) in [6.07, 6.45) is 1.36. The maximum atomic E-state index is 13.2. The zero-order valence-electron chi connectivity index (χ0n) is 16.5. The van der Waals surface area contributed by atoms with Gasteiger partial charge in [0.05, 0.1) is 30.1 Å². The van der Waals surface area contributed by atoms with E-state index in [0.29, 0.717) is 36.5 Å². The Bertz CT molecular complexity index is 1010. The molecule has 0 spiro atoms. The van der Waals surface area contributed by atoms with Crippen LogP contribution in [0.5, 0.6) is 0 Å². The van der Waals surface area contributed by atoms with Crippen LogP contribution < -0.4 is 5.32 Å². The number of hydrogen-bond donors (Lipinski definition) is 1. The Morgan fingerprint density at radius 3 is 2.70 bits per heavy atom. The number of hydrogen-bond acceptors (Lipinski definition) is 8. The molecule has 1 saturated heterocycles. The molecule has 1 aliphatic rings. The lowest BCUT2D eigenvalue weighted by Gasteiger charge is -2.11. The first-order chi connectivity index (χ1) is 14.2. The van der Waals surface area contributed by atoms with Crippen LogP contribution in [0.4, 0.5) is 9.52 Å². The molecule has 2 aromatic rings. The van der Waals surface area contributed by atoms with Gasteiger partial charge in [0, 0.05) is 12.0 Å². The summed E-state index contributed by atoms with van der Waals surface area (Å²) in [6, 6.07) is 5.83. The maximum absolute atomic E-state index is 13.2. The van der Waals surface area contributed by atoms with Crippen LogP contribution in [0.2, 0.25) is 0 Å². The number of rotatable bonds is 8. The summed E-state index contributed by atoms with van der Waals surface area (Å²) in [6.45, 7) is 4.56. The van der Waals surface area contributed by atoms with Gasteiger partial charge in [-0.15, -0.1) is 0 Å². The summed E-state index contributed by atoms with van der Waals surface area (Å²) in [7, 11) is -3.43. The summed E-state index contributed by atoms with van der Waals surface area (Å²) in [5, 5.41) is 5.99. The highest BCUT2D eigenvalue weighted by Crippen LogP contribution is 2.19. The van der Waals surface area contributed by atoms with E-state index < -0.39 is 20.9 Å². The molecular weight excluding hydrogens is 433 g/mol. The number of anilines is 1. The average molecular weight is 456 g/mol. The number of thiazole rings is 1. The first-order valence-electron chi connectivity index (χ1n) is 9.32. The minimum Gasteiger partial charge on any atom is -0.389 e. The predicted octanol–water partition coefficient (Wildman–Crippen LogP) is 2.86. The molecule has 0 unspecified atom stereocenters. The van der Waals surface area contributed by atoms with E-state index in [1.807, 2.05) is 13.8 Å². The van der Waals surface area contributed by atoms with Crippen molar-refractivity contribution in [2.24, 2.45) is 11.1 Å². The first kappa shape index (κ1) is 22.3. The van der Waals surface area contributed by atoms with Gasteiger partial charge in [-0.2, -0.15) is 4.39 Å². The highest BCUT2D eigenvalue weighted by Gasteiger charge is 2.22. The largest absolute Gasteiger partial charge is 0.389 e. The molecule has 0 saturated carbocycles. The Morgan fingerprint density at radius 1 is 1.40 bits per heavy atom. The third-order valence-electron chi connectivity index (χ3n) is 4.13. The van der Waals surface area contributed by atoms with Crippen LogP contribution in [0.3, 0.4) is 0 Å². The second-order valence-corrected chi connectivity index (χ2v) is 10.2. The van der Waals surface area contributed by atoms with Crippen LogP contribution in [0, 0.1) is 11.0 Å². The summed E-state index contributed by atoms with van der Waals surface area (Å²) < 4.78 is 43.2. The van der Waals surface area contributed by atoms with Crippen molar-refractivity contribution < 1.29 is 27.2 Å². The summed E-state index contributed by atoms with van der Waals surface area (Å²) >= 11 is 0.679. The van der Waals surface area contributed by atoms with Crippen molar-refractivity contribution in [3.63, 3.8) is 0 Å². The lowest BCUT2D eigenvalue weighted by atomic mass is 10.1. The predicted molar refractivity (Wildman–Crippen MR) is 111 cm³/mol. The van der Waals surface area contributed by atoms with Crippen molar-refractivity contribution >= 4 is 37.9 Å². The van der Waals surface area contributed by atoms with Gasteiger partial charge in [0.2, 0.25) is 0 Å². The number of benzene rings is 1. The van der Waals surface area contributed by atoms with Gasteiger partial charge >= 0.3 is 0 Å². The molecule has 0 bridgehead atoms. The Kier molecular flexibility index (Phi) is 7.16. The lowest BCUT2D eigenvalue weighted by molar-refractivity contribution is -0.110. The molecule has 1 fully saturated rings. The number of carbonyl (C=O) groups is 1. The SMILES string of the molecule is CC(C)CS(=O)(=O)c1ccc(/C(=N\O[C@@H]2CCOC2)C(=O)Nc2ncc(F)s2)cc1. The summed E-state index contributed by atoms with van der Waals surface area (Å²) in [5.41, 5.74) is 0.275. The second kappa shape index (κ2) is 9.63. The first-order valence-corrected chi connectivity index (χ1v) is 11.8. The van der Waals surface area contributed by atoms with Gasteiger partial charge in [-0.05, 0) is 18.1 Å². The Morgan fingerprint density at radius 2 is 2.13 bits per heavy atom. The van der Waals surface area contributed by atoms with Crippen LogP contribution in [0.15, 0.2) is 40.5 Å². The molecule has 2 heterocycles. The normalized spacial score (nSPS) is 17.3. The van der Waals surface area contributed by atoms with Gasteiger partial charge < -0.3 is 9.57 Å². The Labute approximate surface area is 178 Å². The number of ether oxygens (including phenoxy) is 1. The minimum atomic E-state index is -3.43. The van der Waals surface area contributed by atoms with Gasteiger partial charge in [0.15, 0.2) is 31.9 Å². The molecule has 1 aromatic heterocycles. The van der Waals surface area contributed by atoms with Crippen LogP contribution in [0.25, 0.3) is 0 Å². The number of oxime groups is 1. The molecule has 1 atom stereocenters. The van der Waals surface area contributed by atoms with Crippen LogP contribution in [-0.4, -0.2) is 50.1 Å². The van der Waals surface area contributed by atoms with Gasteiger partial charge in [-0.1, -0.05) is 42.5 Å². The van der Waals surface area contributed by atoms with Crippen molar-refractivity contribution in [3.05, 3.63) is 41.2 Å². The molecule has 162 valence electrons. The number of sulfone groups is 1. The molecule has 30 heavy (non-hydrogen) atoms. The third-order valence-corrected chi connectivity index (χ3v) is 6.93. The van der Waals surface area contributed by atoms with E-state index in [9.17, 15) is 17.6 Å². The van der Waals surface area contributed by atoms with Gasteiger partial charge in [-0.25, -0.2) is 13.4 Å². The second-order valence-electron chi connectivity index (χ2n) is 7.15. The van der Waals surface area contributed by atoms with Crippen molar-refractivity contribution in [1.82, 2.24) is 4.98 Å². The van der Waals surface area contributed by atoms with E-state index in [4.69, 9.17) is 9.57 Å². The molecular formula is C19H22FN3O5S2. The van der Waals surface area contributed by atoms with Gasteiger partial charge in [0.25, 0.3) is 5.91 Å². The highest BCUT2D eigenvalue weighted by atomic mass is 32.2. The lowest BCUT2D eigenvalue weighted by Crippen LogP contribution is -2.25. The molecule has 0 radical (unpaired) electrons. The maximum Gasteiger partial charge on any atom is 0.280 e. The minimum absolute atomic E-state index is 0.0155. The van der Waals surface area contributed by atoms with Crippen LogP contribution in [0.1, 0.15) is 25.8 Å². The smallest absolute Gasteiger partial charge is 0.280 e. The molecule has 1 N–H and O–H groups in total. The van der Waals surface area contributed by atoms with E-state index in [1.165, 1.54) is 24.3 Å². The number of amides is 1. The molecule has 0 aliphatic carbocycles. The molecule has 11 heteroatoms. The zero-order chi connectivity index (χ0) is 21.7. The summed E-state index contributed by atoms with van der Waals surface area (Å²) in [5.74, 6) is -0.645. The van der Waals surface area contributed by atoms with Crippen molar-refractivity contribution in [1.29, 1.82) is 0 Å². The van der Waals surface area contributed by atoms with Crippen LogP contribution >= 0.6 is 11.3 Å². The Hall–Kier alpha value is -2.37. The molecule has 1 aliphatic heterocycles. The van der Waals surface area contributed by atoms with Gasteiger partial charge in [0.1, 0.15) is 0 Å². The molecule has 3 rings (SSSR count). The third kappa shape index (κ3) is 5.83. The fraction of sp³-hybridized carbons (Fsp3) is 0.421. The number of carbonyl (C=O) groups excluding carboxylic acids is 1. The number of halogens is 1. The van der Waals surface area contributed by atoms with E-state index in [1.54, 1.807) is 0 Å². The van der Waals surface area contributed by atoms with Crippen molar-refractivity contribution in [2.75, 3.05) is 24.3 Å². The number of nitrogens with zero attached hydrogens (tertiary/aromatic N) is 2.